The first-order valence-corrected chi connectivity index (χ1v) is 7.76. The third-order valence-corrected chi connectivity index (χ3v) is 4.01. The number of fused-ring (bicyclic) bond motifs is 1. The Morgan fingerprint density at radius 3 is 2.85 bits per heavy atom. The molecule has 0 unspecified atom stereocenters. The first kappa shape index (κ1) is 13.6. The number of nitrogens with zero attached hydrogens (tertiary/aromatic N) is 2. The maximum Gasteiger partial charge on any atom is 0.107 e. The molecule has 2 N–H and O–H groups in total. The van der Waals surface area contributed by atoms with Crippen LogP contribution in [0.25, 0.3) is 11.0 Å². The highest BCUT2D eigenvalue weighted by Crippen LogP contribution is 2.15. The van der Waals surface area contributed by atoms with Crippen molar-refractivity contribution >= 4 is 11.0 Å². The summed E-state index contributed by atoms with van der Waals surface area (Å²) in [6.45, 7) is 7.94. The van der Waals surface area contributed by atoms with Crippen molar-refractivity contribution in [3.8, 4) is 0 Å². The van der Waals surface area contributed by atoms with E-state index < -0.39 is 0 Å². The third-order valence-electron chi connectivity index (χ3n) is 4.01. The fourth-order valence-corrected chi connectivity index (χ4v) is 2.84. The van der Waals surface area contributed by atoms with E-state index in [-0.39, 0.29) is 0 Å². The number of imidazole rings is 1. The molecule has 1 aromatic carbocycles. The van der Waals surface area contributed by atoms with Crippen LogP contribution in [0.2, 0.25) is 0 Å². The van der Waals surface area contributed by atoms with E-state index in [1.54, 1.807) is 0 Å². The molecule has 1 aromatic heterocycles. The Morgan fingerprint density at radius 1 is 1.20 bits per heavy atom. The van der Waals surface area contributed by atoms with Gasteiger partial charge in [0.25, 0.3) is 0 Å². The summed E-state index contributed by atoms with van der Waals surface area (Å²) in [5.41, 5.74) is 3.69. The highest BCUT2D eigenvalue weighted by molar-refractivity contribution is 5.75. The molecule has 0 saturated carbocycles. The largest absolute Gasteiger partial charge is 0.342 e. The van der Waals surface area contributed by atoms with Crippen molar-refractivity contribution in [2.75, 3.05) is 32.7 Å². The van der Waals surface area contributed by atoms with Crippen molar-refractivity contribution in [3.63, 3.8) is 0 Å². The predicted octanol–water partition coefficient (Wildman–Crippen LogP) is 1.96. The number of aromatic nitrogens is 2. The van der Waals surface area contributed by atoms with E-state index in [0.29, 0.717) is 0 Å². The number of hydrogen-bond acceptors (Lipinski definition) is 3. The highest BCUT2D eigenvalue weighted by atomic mass is 15.2. The standard InChI is InChI=1S/C16H24N4/c1-2-3-16-18-14-5-4-13(12-15(14)19-16)6-9-20-10-7-17-8-11-20/h4-5,12,17H,2-3,6-11H2,1H3,(H,18,19). The Labute approximate surface area is 120 Å². The minimum atomic E-state index is 1.03. The van der Waals surface area contributed by atoms with Crippen LogP contribution < -0.4 is 5.32 Å². The van der Waals surface area contributed by atoms with Gasteiger partial charge in [0.15, 0.2) is 0 Å². The smallest absolute Gasteiger partial charge is 0.107 e. The maximum atomic E-state index is 4.62. The highest BCUT2D eigenvalue weighted by Gasteiger charge is 2.09. The minimum Gasteiger partial charge on any atom is -0.342 e. The van der Waals surface area contributed by atoms with Gasteiger partial charge in [-0.1, -0.05) is 13.0 Å². The molecule has 4 heteroatoms. The van der Waals surface area contributed by atoms with Crippen LogP contribution in [0.5, 0.6) is 0 Å². The molecule has 3 rings (SSSR count). The summed E-state index contributed by atoms with van der Waals surface area (Å²) in [6.07, 6.45) is 3.29. The SMILES string of the molecule is CCCc1nc2ccc(CCN3CCNCC3)cc2[nH]1. The molecule has 0 radical (unpaired) electrons. The van der Waals surface area contributed by atoms with Crippen LogP contribution >= 0.6 is 0 Å². The van der Waals surface area contributed by atoms with Crippen molar-refractivity contribution in [2.45, 2.75) is 26.2 Å². The van der Waals surface area contributed by atoms with Crippen LogP contribution in [0, 0.1) is 0 Å². The quantitative estimate of drug-likeness (QED) is 0.874. The average Bonchev–Trinajstić information content (AvgIpc) is 2.88. The molecule has 2 heterocycles. The fourth-order valence-electron chi connectivity index (χ4n) is 2.84. The van der Waals surface area contributed by atoms with Gasteiger partial charge in [-0.25, -0.2) is 4.98 Å². The zero-order chi connectivity index (χ0) is 13.8. The number of aryl methyl sites for hydroxylation is 1. The summed E-state index contributed by atoms with van der Waals surface area (Å²) < 4.78 is 0. The Hall–Kier alpha value is -1.39. The average molecular weight is 272 g/mol. The van der Waals surface area contributed by atoms with Gasteiger partial charge in [-0.15, -0.1) is 0 Å². The first-order valence-electron chi connectivity index (χ1n) is 7.76. The van der Waals surface area contributed by atoms with Gasteiger partial charge in [0, 0.05) is 39.1 Å². The molecule has 1 fully saturated rings. The molecule has 1 aliphatic heterocycles. The molecule has 0 aliphatic carbocycles. The van der Waals surface area contributed by atoms with Crippen molar-refractivity contribution in [1.29, 1.82) is 0 Å². The predicted molar refractivity (Wildman–Crippen MR) is 83.1 cm³/mol. The zero-order valence-corrected chi connectivity index (χ0v) is 12.3. The van der Waals surface area contributed by atoms with Crippen LogP contribution in [0.4, 0.5) is 0 Å². The van der Waals surface area contributed by atoms with Crippen molar-refractivity contribution in [3.05, 3.63) is 29.6 Å². The number of piperazine rings is 1. The summed E-state index contributed by atoms with van der Waals surface area (Å²) in [5, 5.41) is 3.40. The molecule has 1 aliphatic rings. The van der Waals surface area contributed by atoms with Crippen LogP contribution in [0.1, 0.15) is 24.7 Å². The van der Waals surface area contributed by atoms with Crippen molar-refractivity contribution in [1.82, 2.24) is 20.2 Å². The normalized spacial score (nSPS) is 16.9. The van der Waals surface area contributed by atoms with Crippen molar-refractivity contribution < 1.29 is 0 Å². The summed E-state index contributed by atoms with van der Waals surface area (Å²) in [5.74, 6) is 1.11. The summed E-state index contributed by atoms with van der Waals surface area (Å²) in [6, 6.07) is 6.64. The monoisotopic (exact) mass is 272 g/mol. The molecule has 2 aromatic rings. The van der Waals surface area contributed by atoms with Gasteiger partial charge < -0.3 is 15.2 Å². The van der Waals surface area contributed by atoms with Crippen LogP contribution in [0.3, 0.4) is 0 Å². The van der Waals surface area contributed by atoms with E-state index in [9.17, 15) is 0 Å². The zero-order valence-electron chi connectivity index (χ0n) is 12.3. The van der Waals surface area contributed by atoms with Crippen LogP contribution in [-0.2, 0) is 12.8 Å². The molecule has 20 heavy (non-hydrogen) atoms. The van der Waals surface area contributed by atoms with Crippen LogP contribution in [0.15, 0.2) is 18.2 Å². The minimum absolute atomic E-state index is 1.03. The lowest BCUT2D eigenvalue weighted by Gasteiger charge is -2.27. The number of nitrogens with one attached hydrogen (secondary N) is 2. The number of aromatic amines is 1. The van der Waals surface area contributed by atoms with E-state index in [1.165, 1.54) is 24.2 Å². The number of benzene rings is 1. The molecule has 108 valence electrons. The molecule has 1 saturated heterocycles. The Kier molecular flexibility index (Phi) is 4.33. The van der Waals surface area contributed by atoms with Gasteiger partial charge in [-0.3, -0.25) is 0 Å². The second-order valence-electron chi connectivity index (χ2n) is 5.63. The Bertz CT molecular complexity index is 555. The van der Waals surface area contributed by atoms with Gasteiger partial charge >= 0.3 is 0 Å². The Balaban J connectivity index is 1.65. The van der Waals surface area contributed by atoms with Gasteiger partial charge in [0.05, 0.1) is 11.0 Å². The number of rotatable bonds is 5. The molecule has 0 spiro atoms. The lowest BCUT2D eigenvalue weighted by molar-refractivity contribution is 0.244. The van der Waals surface area contributed by atoms with E-state index >= 15 is 0 Å². The lowest BCUT2D eigenvalue weighted by Crippen LogP contribution is -2.44. The van der Waals surface area contributed by atoms with Crippen LogP contribution in [-0.4, -0.2) is 47.6 Å². The number of hydrogen-bond donors (Lipinski definition) is 2. The van der Waals surface area contributed by atoms with Gasteiger partial charge in [0.2, 0.25) is 0 Å². The maximum absolute atomic E-state index is 4.62. The molecule has 4 nitrogen and oxygen atoms in total. The van der Waals surface area contributed by atoms with E-state index in [1.807, 2.05) is 0 Å². The topological polar surface area (TPSA) is 44.0 Å². The lowest BCUT2D eigenvalue weighted by atomic mass is 10.1. The second-order valence-corrected chi connectivity index (χ2v) is 5.63. The summed E-state index contributed by atoms with van der Waals surface area (Å²) in [4.78, 5) is 10.6. The molecule has 0 amide bonds. The summed E-state index contributed by atoms with van der Waals surface area (Å²) >= 11 is 0. The first-order chi connectivity index (χ1) is 9.85. The third kappa shape index (κ3) is 3.19. The molecule has 0 atom stereocenters. The molecular weight excluding hydrogens is 248 g/mol. The van der Waals surface area contributed by atoms with E-state index in [2.05, 4.69) is 45.3 Å². The fraction of sp³-hybridized carbons (Fsp3) is 0.562. The van der Waals surface area contributed by atoms with Gasteiger partial charge in [-0.05, 0) is 30.5 Å². The summed E-state index contributed by atoms with van der Waals surface area (Å²) in [7, 11) is 0. The number of H-pyrrole nitrogens is 1. The van der Waals surface area contributed by atoms with Crippen molar-refractivity contribution in [2.24, 2.45) is 0 Å². The van der Waals surface area contributed by atoms with E-state index in [4.69, 9.17) is 0 Å². The van der Waals surface area contributed by atoms with Gasteiger partial charge in [-0.2, -0.15) is 0 Å². The second kappa shape index (κ2) is 6.37. The Morgan fingerprint density at radius 2 is 2.05 bits per heavy atom. The molecular formula is C16H24N4. The van der Waals surface area contributed by atoms with E-state index in [0.717, 1.165) is 50.2 Å². The molecule has 0 bridgehead atoms. The van der Waals surface area contributed by atoms with Gasteiger partial charge in [0.1, 0.15) is 5.82 Å².